The number of hydrogen-bond donors (Lipinski definition) is 0. The molecule has 0 N–H and O–H groups in total. The lowest BCUT2D eigenvalue weighted by Gasteiger charge is -2.23. The van der Waals surface area contributed by atoms with Crippen molar-refractivity contribution in [3.05, 3.63) is 29.8 Å². The number of amides is 1. The van der Waals surface area contributed by atoms with Gasteiger partial charge in [-0.2, -0.15) is 8.78 Å². The van der Waals surface area contributed by atoms with Crippen LogP contribution in [0.15, 0.2) is 24.3 Å². The van der Waals surface area contributed by atoms with Crippen LogP contribution in [0.2, 0.25) is 0 Å². The Morgan fingerprint density at radius 1 is 1.19 bits per heavy atom. The Labute approximate surface area is 124 Å². The molecule has 0 spiro atoms. The van der Waals surface area contributed by atoms with Crippen LogP contribution in [0.25, 0.3) is 0 Å². The fourth-order valence-corrected chi connectivity index (χ4v) is 1.90. The fraction of sp³-hybridized carbons (Fsp3) is 0.533. The van der Waals surface area contributed by atoms with Crippen molar-refractivity contribution in [3.63, 3.8) is 0 Å². The van der Waals surface area contributed by atoms with Gasteiger partial charge in [-0.1, -0.05) is 26.0 Å². The van der Waals surface area contributed by atoms with Gasteiger partial charge in [0.05, 0.1) is 6.54 Å². The normalized spacial score (nSPS) is 11.0. The van der Waals surface area contributed by atoms with Crippen LogP contribution in [0.1, 0.15) is 19.4 Å². The molecule has 1 rings (SSSR count). The molecule has 0 atom stereocenters. The number of rotatable bonds is 8. The predicted octanol–water partition coefficient (Wildman–Crippen LogP) is 2.59. The van der Waals surface area contributed by atoms with Gasteiger partial charge in [0.15, 0.2) is 0 Å². The number of likely N-dealkylation sites (N-methyl/N-ethyl adjacent to an activating group) is 2. The average Bonchev–Trinajstić information content (AvgIpc) is 2.45. The standard InChI is InChI=1S/C15H22F2N2O2/c1-4-19(5-2)11-14(20)18(3)10-12-6-8-13(9-7-12)21-15(16)17/h6-9,15H,4-5,10-11H2,1-3H3. The summed E-state index contributed by atoms with van der Waals surface area (Å²) in [4.78, 5) is 15.7. The largest absolute Gasteiger partial charge is 0.435 e. The maximum absolute atomic E-state index is 12.0. The van der Waals surface area contributed by atoms with Gasteiger partial charge in [0, 0.05) is 13.6 Å². The number of nitrogens with zero attached hydrogens (tertiary/aromatic N) is 2. The van der Waals surface area contributed by atoms with E-state index in [4.69, 9.17) is 0 Å². The molecule has 4 nitrogen and oxygen atoms in total. The van der Waals surface area contributed by atoms with Crippen LogP contribution < -0.4 is 4.74 Å². The highest BCUT2D eigenvalue weighted by molar-refractivity contribution is 5.78. The van der Waals surface area contributed by atoms with E-state index in [9.17, 15) is 13.6 Å². The Hall–Kier alpha value is -1.69. The van der Waals surface area contributed by atoms with Crippen molar-refractivity contribution in [1.29, 1.82) is 0 Å². The summed E-state index contributed by atoms with van der Waals surface area (Å²) in [7, 11) is 1.73. The predicted molar refractivity (Wildman–Crippen MR) is 77.3 cm³/mol. The molecule has 1 aromatic carbocycles. The van der Waals surface area contributed by atoms with E-state index in [1.54, 1.807) is 24.1 Å². The molecular formula is C15H22F2N2O2. The number of ether oxygens (including phenoxy) is 1. The first-order valence-electron chi connectivity index (χ1n) is 6.96. The number of carbonyl (C=O) groups excluding carboxylic acids is 1. The molecule has 0 aromatic heterocycles. The quantitative estimate of drug-likeness (QED) is 0.740. The average molecular weight is 300 g/mol. The van der Waals surface area contributed by atoms with Crippen molar-refractivity contribution in [3.8, 4) is 5.75 Å². The second-order valence-electron chi connectivity index (χ2n) is 4.73. The van der Waals surface area contributed by atoms with Gasteiger partial charge in [-0.15, -0.1) is 0 Å². The minimum atomic E-state index is -2.82. The number of hydrogen-bond acceptors (Lipinski definition) is 3. The highest BCUT2D eigenvalue weighted by atomic mass is 19.3. The molecule has 118 valence electrons. The summed E-state index contributed by atoms with van der Waals surface area (Å²) < 4.78 is 28.4. The lowest BCUT2D eigenvalue weighted by molar-refractivity contribution is -0.131. The molecule has 0 fully saturated rings. The Bertz CT molecular complexity index is 434. The summed E-state index contributed by atoms with van der Waals surface area (Å²) in [6.45, 7) is 3.68. The van der Waals surface area contributed by atoms with Gasteiger partial charge >= 0.3 is 6.61 Å². The molecule has 0 aliphatic carbocycles. The zero-order valence-corrected chi connectivity index (χ0v) is 12.7. The van der Waals surface area contributed by atoms with E-state index in [1.165, 1.54) is 12.1 Å². The summed E-state index contributed by atoms with van der Waals surface area (Å²) in [6, 6.07) is 6.31. The molecule has 0 heterocycles. The second-order valence-corrected chi connectivity index (χ2v) is 4.73. The number of benzene rings is 1. The molecule has 0 saturated heterocycles. The van der Waals surface area contributed by atoms with Crippen molar-refractivity contribution in [2.45, 2.75) is 27.0 Å². The Balaban J connectivity index is 2.53. The molecule has 0 unspecified atom stereocenters. The molecule has 0 bridgehead atoms. The van der Waals surface area contributed by atoms with E-state index >= 15 is 0 Å². The van der Waals surface area contributed by atoms with Gasteiger partial charge in [-0.3, -0.25) is 9.69 Å². The first kappa shape index (κ1) is 17.4. The highest BCUT2D eigenvalue weighted by Gasteiger charge is 2.12. The van der Waals surface area contributed by atoms with Crippen molar-refractivity contribution < 1.29 is 18.3 Å². The van der Waals surface area contributed by atoms with Crippen LogP contribution in [-0.2, 0) is 11.3 Å². The Kier molecular flexibility index (Phi) is 7.08. The van der Waals surface area contributed by atoms with E-state index < -0.39 is 6.61 Å². The van der Waals surface area contributed by atoms with Gasteiger partial charge in [0.1, 0.15) is 5.75 Å². The third-order valence-electron chi connectivity index (χ3n) is 3.25. The zero-order chi connectivity index (χ0) is 15.8. The maximum Gasteiger partial charge on any atom is 0.387 e. The van der Waals surface area contributed by atoms with Crippen LogP contribution in [0.5, 0.6) is 5.75 Å². The van der Waals surface area contributed by atoms with E-state index in [1.807, 2.05) is 18.7 Å². The second kappa shape index (κ2) is 8.56. The molecule has 0 aliphatic heterocycles. The first-order valence-corrected chi connectivity index (χ1v) is 6.96. The van der Waals surface area contributed by atoms with Crippen LogP contribution in [0.4, 0.5) is 8.78 Å². The zero-order valence-electron chi connectivity index (χ0n) is 12.7. The summed E-state index contributed by atoms with van der Waals surface area (Å²) in [5.74, 6) is 0.150. The SMILES string of the molecule is CCN(CC)CC(=O)N(C)Cc1ccc(OC(F)F)cc1. The minimum Gasteiger partial charge on any atom is -0.435 e. The van der Waals surface area contributed by atoms with Crippen LogP contribution >= 0.6 is 0 Å². The molecule has 1 aromatic rings. The van der Waals surface area contributed by atoms with Crippen LogP contribution in [0.3, 0.4) is 0 Å². The Morgan fingerprint density at radius 3 is 2.24 bits per heavy atom. The van der Waals surface area contributed by atoms with E-state index in [-0.39, 0.29) is 11.7 Å². The van der Waals surface area contributed by atoms with E-state index in [0.29, 0.717) is 13.1 Å². The van der Waals surface area contributed by atoms with Gasteiger partial charge in [-0.25, -0.2) is 0 Å². The first-order chi connectivity index (χ1) is 9.96. The van der Waals surface area contributed by atoms with Gasteiger partial charge in [-0.05, 0) is 30.8 Å². The minimum absolute atomic E-state index is 0.0339. The summed E-state index contributed by atoms with van der Waals surface area (Å²) in [5, 5.41) is 0. The van der Waals surface area contributed by atoms with Crippen molar-refractivity contribution in [1.82, 2.24) is 9.80 Å². The molecule has 1 amide bonds. The molecule has 6 heteroatoms. The smallest absolute Gasteiger partial charge is 0.387 e. The number of carbonyl (C=O) groups is 1. The number of alkyl halides is 2. The van der Waals surface area contributed by atoms with Crippen LogP contribution in [0, 0.1) is 0 Å². The molecule has 0 radical (unpaired) electrons. The lowest BCUT2D eigenvalue weighted by Crippen LogP contribution is -2.37. The lowest BCUT2D eigenvalue weighted by atomic mass is 10.2. The summed E-state index contributed by atoms with van der Waals surface area (Å²) in [5.41, 5.74) is 0.868. The number of halogens is 2. The van der Waals surface area contributed by atoms with E-state index in [0.717, 1.165) is 18.7 Å². The topological polar surface area (TPSA) is 32.8 Å². The van der Waals surface area contributed by atoms with Crippen molar-refractivity contribution >= 4 is 5.91 Å². The molecule has 21 heavy (non-hydrogen) atoms. The third kappa shape index (κ3) is 6.08. The van der Waals surface area contributed by atoms with Crippen molar-refractivity contribution in [2.75, 3.05) is 26.7 Å². The molecule has 0 saturated carbocycles. The monoisotopic (exact) mass is 300 g/mol. The van der Waals surface area contributed by atoms with Crippen molar-refractivity contribution in [2.24, 2.45) is 0 Å². The van der Waals surface area contributed by atoms with Gasteiger partial charge in [0.2, 0.25) is 5.91 Å². The van der Waals surface area contributed by atoms with Crippen LogP contribution in [-0.4, -0.2) is 49.0 Å². The maximum atomic E-state index is 12.0. The molecule has 0 aliphatic rings. The highest BCUT2D eigenvalue weighted by Crippen LogP contribution is 2.15. The fourth-order valence-electron chi connectivity index (χ4n) is 1.90. The third-order valence-corrected chi connectivity index (χ3v) is 3.25. The van der Waals surface area contributed by atoms with E-state index in [2.05, 4.69) is 4.74 Å². The molecular weight excluding hydrogens is 278 g/mol. The van der Waals surface area contributed by atoms with Gasteiger partial charge < -0.3 is 9.64 Å². The van der Waals surface area contributed by atoms with Gasteiger partial charge in [0.25, 0.3) is 0 Å². The summed E-state index contributed by atoms with van der Waals surface area (Å²) >= 11 is 0. The Morgan fingerprint density at radius 2 is 1.76 bits per heavy atom. The summed E-state index contributed by atoms with van der Waals surface area (Å²) in [6.07, 6.45) is 0.